The van der Waals surface area contributed by atoms with Gasteiger partial charge in [-0.1, -0.05) is 36.4 Å². The van der Waals surface area contributed by atoms with Crippen molar-refractivity contribution >= 4 is 11.3 Å². The summed E-state index contributed by atoms with van der Waals surface area (Å²) in [6.07, 6.45) is 1.87. The van der Waals surface area contributed by atoms with Crippen LogP contribution in [-0.4, -0.2) is 4.98 Å². The highest BCUT2D eigenvalue weighted by Crippen LogP contribution is 2.27. The van der Waals surface area contributed by atoms with E-state index in [9.17, 15) is 0 Å². The number of nitrogens with zero attached hydrogens (tertiary/aromatic N) is 1. The van der Waals surface area contributed by atoms with Crippen LogP contribution in [0.2, 0.25) is 0 Å². The van der Waals surface area contributed by atoms with E-state index >= 15 is 0 Å². The van der Waals surface area contributed by atoms with Crippen LogP contribution >= 0.6 is 11.3 Å². The van der Waals surface area contributed by atoms with Gasteiger partial charge in [-0.15, -0.1) is 11.3 Å². The van der Waals surface area contributed by atoms with Gasteiger partial charge in [0, 0.05) is 16.6 Å². The molecule has 1 nitrogen and oxygen atoms in total. The normalized spacial score (nSPS) is 10.4. The summed E-state index contributed by atoms with van der Waals surface area (Å²) in [6, 6.07) is 18.7. The first-order valence-corrected chi connectivity index (χ1v) is 6.37. The van der Waals surface area contributed by atoms with Crippen LogP contribution in [0.4, 0.5) is 0 Å². The van der Waals surface area contributed by atoms with E-state index in [1.165, 1.54) is 10.4 Å². The van der Waals surface area contributed by atoms with E-state index in [2.05, 4.69) is 46.8 Å². The third-order valence-corrected chi connectivity index (χ3v) is 3.55. The molecular formula is C15H11NS. The summed E-state index contributed by atoms with van der Waals surface area (Å²) in [5.41, 5.74) is 3.41. The third-order valence-electron chi connectivity index (χ3n) is 2.64. The number of hydrogen-bond donors (Lipinski definition) is 0. The van der Waals surface area contributed by atoms with E-state index in [1.807, 2.05) is 24.4 Å². The molecule has 0 aliphatic carbocycles. The molecule has 0 radical (unpaired) electrons. The number of pyridine rings is 1. The van der Waals surface area contributed by atoms with Crippen LogP contribution in [-0.2, 0) is 0 Å². The molecule has 0 aliphatic heterocycles. The standard InChI is InChI=1S/C15H11NS/c1-2-5-12(6-3-1)14-11-13(8-9-16-14)15-7-4-10-17-15/h1-11H. The Bertz CT molecular complexity index is 600. The van der Waals surface area contributed by atoms with E-state index in [0.717, 1.165) is 11.3 Å². The molecule has 17 heavy (non-hydrogen) atoms. The van der Waals surface area contributed by atoms with Crippen molar-refractivity contribution in [1.29, 1.82) is 0 Å². The lowest BCUT2D eigenvalue weighted by molar-refractivity contribution is 1.33. The monoisotopic (exact) mass is 237 g/mol. The molecule has 2 heteroatoms. The number of thiophene rings is 1. The molecule has 3 rings (SSSR count). The fourth-order valence-corrected chi connectivity index (χ4v) is 2.52. The summed E-state index contributed by atoms with van der Waals surface area (Å²) in [6.45, 7) is 0. The van der Waals surface area contributed by atoms with Crippen molar-refractivity contribution in [1.82, 2.24) is 4.98 Å². The lowest BCUT2D eigenvalue weighted by Crippen LogP contribution is -1.83. The number of hydrogen-bond acceptors (Lipinski definition) is 2. The Morgan fingerprint density at radius 1 is 0.824 bits per heavy atom. The Hall–Kier alpha value is -1.93. The van der Waals surface area contributed by atoms with Crippen molar-refractivity contribution in [2.24, 2.45) is 0 Å². The van der Waals surface area contributed by atoms with Gasteiger partial charge in [-0.05, 0) is 29.1 Å². The van der Waals surface area contributed by atoms with Crippen LogP contribution in [0.1, 0.15) is 0 Å². The van der Waals surface area contributed by atoms with E-state index in [4.69, 9.17) is 0 Å². The minimum atomic E-state index is 1.02. The van der Waals surface area contributed by atoms with Crippen LogP contribution in [0.15, 0.2) is 66.2 Å². The van der Waals surface area contributed by atoms with Gasteiger partial charge < -0.3 is 0 Å². The molecule has 2 aromatic heterocycles. The lowest BCUT2D eigenvalue weighted by Gasteiger charge is -2.02. The molecule has 3 aromatic rings. The summed E-state index contributed by atoms with van der Waals surface area (Å²) in [4.78, 5) is 5.71. The van der Waals surface area contributed by atoms with Gasteiger partial charge >= 0.3 is 0 Å². The zero-order chi connectivity index (χ0) is 11.5. The smallest absolute Gasteiger partial charge is 0.0708 e. The van der Waals surface area contributed by atoms with Crippen LogP contribution in [0, 0.1) is 0 Å². The number of aromatic nitrogens is 1. The Labute approximate surface area is 104 Å². The minimum Gasteiger partial charge on any atom is -0.256 e. The molecular weight excluding hydrogens is 226 g/mol. The molecule has 0 aliphatic rings. The van der Waals surface area contributed by atoms with E-state index in [0.29, 0.717) is 0 Å². The maximum atomic E-state index is 4.42. The van der Waals surface area contributed by atoms with E-state index in [-0.39, 0.29) is 0 Å². The van der Waals surface area contributed by atoms with Gasteiger partial charge in [0.1, 0.15) is 0 Å². The largest absolute Gasteiger partial charge is 0.256 e. The zero-order valence-corrected chi connectivity index (χ0v) is 10.0. The van der Waals surface area contributed by atoms with Gasteiger partial charge in [-0.3, -0.25) is 4.98 Å². The summed E-state index contributed by atoms with van der Waals surface area (Å²) < 4.78 is 0. The maximum Gasteiger partial charge on any atom is 0.0708 e. The van der Waals surface area contributed by atoms with Crippen LogP contribution in [0.5, 0.6) is 0 Å². The van der Waals surface area contributed by atoms with Crippen molar-refractivity contribution < 1.29 is 0 Å². The summed E-state index contributed by atoms with van der Waals surface area (Å²) in [5, 5.41) is 2.10. The quantitative estimate of drug-likeness (QED) is 0.640. The molecule has 1 aromatic carbocycles. The van der Waals surface area contributed by atoms with Crippen molar-refractivity contribution in [3.63, 3.8) is 0 Å². The molecule has 2 heterocycles. The van der Waals surface area contributed by atoms with E-state index in [1.54, 1.807) is 11.3 Å². The molecule has 0 amide bonds. The second-order valence-corrected chi connectivity index (χ2v) is 4.72. The fourth-order valence-electron chi connectivity index (χ4n) is 1.79. The van der Waals surface area contributed by atoms with Crippen LogP contribution in [0.3, 0.4) is 0 Å². The van der Waals surface area contributed by atoms with Gasteiger partial charge in [0.15, 0.2) is 0 Å². The zero-order valence-electron chi connectivity index (χ0n) is 9.21. The SMILES string of the molecule is c1ccc(-c2cc(-c3cccs3)ccn2)cc1. The average molecular weight is 237 g/mol. The predicted molar refractivity (Wildman–Crippen MR) is 73.0 cm³/mol. The second kappa shape index (κ2) is 4.52. The first-order valence-electron chi connectivity index (χ1n) is 5.49. The topological polar surface area (TPSA) is 12.9 Å². The highest BCUT2D eigenvalue weighted by molar-refractivity contribution is 7.13. The third kappa shape index (κ3) is 2.12. The molecule has 0 spiro atoms. The Morgan fingerprint density at radius 3 is 2.47 bits per heavy atom. The molecule has 0 atom stereocenters. The van der Waals surface area contributed by atoms with Crippen molar-refractivity contribution in [3.8, 4) is 21.7 Å². The van der Waals surface area contributed by atoms with Gasteiger partial charge in [-0.2, -0.15) is 0 Å². The molecule has 82 valence electrons. The van der Waals surface area contributed by atoms with Crippen molar-refractivity contribution in [2.45, 2.75) is 0 Å². The first kappa shape index (κ1) is 10.2. The maximum absolute atomic E-state index is 4.42. The van der Waals surface area contributed by atoms with E-state index < -0.39 is 0 Å². The average Bonchev–Trinajstić information content (AvgIpc) is 2.94. The Kier molecular flexibility index (Phi) is 2.72. The van der Waals surface area contributed by atoms with Crippen LogP contribution < -0.4 is 0 Å². The molecule has 0 saturated carbocycles. The van der Waals surface area contributed by atoms with Gasteiger partial charge in [0.2, 0.25) is 0 Å². The number of benzene rings is 1. The predicted octanol–water partition coefficient (Wildman–Crippen LogP) is 4.48. The molecule has 0 unspecified atom stereocenters. The van der Waals surface area contributed by atoms with Gasteiger partial charge in [-0.25, -0.2) is 0 Å². The lowest BCUT2D eigenvalue weighted by atomic mass is 10.1. The number of rotatable bonds is 2. The molecule has 0 N–H and O–H groups in total. The molecule has 0 bridgehead atoms. The molecule has 0 fully saturated rings. The van der Waals surface area contributed by atoms with Gasteiger partial charge in [0.25, 0.3) is 0 Å². The van der Waals surface area contributed by atoms with Gasteiger partial charge in [0.05, 0.1) is 5.69 Å². The Balaban J connectivity index is 2.06. The summed E-state index contributed by atoms with van der Waals surface area (Å²) in [7, 11) is 0. The van der Waals surface area contributed by atoms with Crippen molar-refractivity contribution in [2.75, 3.05) is 0 Å². The summed E-state index contributed by atoms with van der Waals surface area (Å²) in [5.74, 6) is 0. The highest BCUT2D eigenvalue weighted by Gasteiger charge is 2.02. The minimum absolute atomic E-state index is 1.02. The highest BCUT2D eigenvalue weighted by atomic mass is 32.1. The second-order valence-electron chi connectivity index (χ2n) is 3.77. The fraction of sp³-hybridized carbons (Fsp3) is 0. The first-order chi connectivity index (χ1) is 8.43. The molecule has 0 saturated heterocycles. The van der Waals surface area contributed by atoms with Crippen molar-refractivity contribution in [3.05, 3.63) is 66.2 Å². The summed E-state index contributed by atoms with van der Waals surface area (Å²) >= 11 is 1.75. The van der Waals surface area contributed by atoms with Crippen LogP contribution in [0.25, 0.3) is 21.7 Å². The Morgan fingerprint density at radius 2 is 1.71 bits per heavy atom.